The molecule has 0 bridgehead atoms. The van der Waals surface area contributed by atoms with Crippen LogP contribution in [-0.4, -0.2) is 18.1 Å². The Morgan fingerprint density at radius 1 is 1.78 bits per heavy atom. The molecule has 1 amide bonds. The van der Waals surface area contributed by atoms with Crippen LogP contribution in [0, 0.1) is 0 Å². The van der Waals surface area contributed by atoms with Gasteiger partial charge in [-0.05, 0) is 6.92 Å². The van der Waals surface area contributed by atoms with Crippen molar-refractivity contribution in [2.45, 2.75) is 19.1 Å². The van der Waals surface area contributed by atoms with Gasteiger partial charge in [-0.2, -0.15) is 0 Å². The Labute approximate surface area is 53.5 Å². The Kier molecular flexibility index (Phi) is 1.53. The summed E-state index contributed by atoms with van der Waals surface area (Å²) >= 11 is 0. The van der Waals surface area contributed by atoms with Gasteiger partial charge in [-0.1, -0.05) is 12.2 Å². The largest absolute Gasteiger partial charge is 0.367 e. The van der Waals surface area contributed by atoms with Gasteiger partial charge >= 0.3 is 0 Å². The monoisotopic (exact) mass is 127 g/mol. The minimum atomic E-state index is -0.377. The highest BCUT2D eigenvalue weighted by molar-refractivity contribution is 5.82. The van der Waals surface area contributed by atoms with E-state index in [1.54, 1.807) is 0 Å². The van der Waals surface area contributed by atoms with Crippen LogP contribution in [-0.2, 0) is 9.53 Å². The van der Waals surface area contributed by atoms with E-state index < -0.39 is 0 Å². The molecule has 2 N–H and O–H groups in total. The third kappa shape index (κ3) is 1.29. The van der Waals surface area contributed by atoms with Crippen molar-refractivity contribution in [1.29, 1.82) is 0 Å². The molecule has 0 aliphatic carbocycles. The minimum absolute atomic E-state index is 0.0486. The molecule has 1 saturated heterocycles. The lowest BCUT2D eigenvalue weighted by Crippen LogP contribution is -2.19. The number of allylic oxidation sites excluding steroid dienone is 1. The molecule has 2 unspecified atom stereocenters. The predicted octanol–water partition coefficient (Wildman–Crippen LogP) is -0.185. The number of nitrogens with two attached hydrogens (primary N) is 1. The van der Waals surface area contributed by atoms with E-state index in [1.807, 2.05) is 19.1 Å². The number of rotatable bonds is 2. The zero-order valence-corrected chi connectivity index (χ0v) is 5.20. The Hall–Kier alpha value is -0.830. The molecule has 1 heterocycles. The van der Waals surface area contributed by atoms with Gasteiger partial charge in [0.1, 0.15) is 6.10 Å². The van der Waals surface area contributed by atoms with E-state index in [9.17, 15) is 4.79 Å². The van der Waals surface area contributed by atoms with Crippen LogP contribution in [0.1, 0.15) is 6.92 Å². The van der Waals surface area contributed by atoms with Crippen LogP contribution in [0.2, 0.25) is 0 Å². The molecule has 3 nitrogen and oxygen atoms in total. The summed E-state index contributed by atoms with van der Waals surface area (Å²) in [6.07, 6.45) is 3.25. The minimum Gasteiger partial charge on any atom is -0.367 e. The number of primary amides is 1. The maximum Gasteiger partial charge on any atom is 0.249 e. The van der Waals surface area contributed by atoms with Crippen molar-refractivity contribution in [2.75, 3.05) is 0 Å². The van der Waals surface area contributed by atoms with Crippen molar-refractivity contribution >= 4 is 5.91 Å². The molecule has 9 heavy (non-hydrogen) atoms. The zero-order chi connectivity index (χ0) is 6.85. The van der Waals surface area contributed by atoms with E-state index in [2.05, 4.69) is 0 Å². The molecular weight excluding hydrogens is 118 g/mol. The van der Waals surface area contributed by atoms with E-state index in [1.165, 1.54) is 0 Å². The van der Waals surface area contributed by atoms with Gasteiger partial charge in [-0.25, -0.2) is 0 Å². The molecule has 1 aliphatic rings. The number of ether oxygens (including phenoxy) is 1. The topological polar surface area (TPSA) is 55.6 Å². The fourth-order valence-corrected chi connectivity index (χ4v) is 0.689. The first kappa shape index (κ1) is 6.29. The fraction of sp³-hybridized carbons (Fsp3) is 0.500. The molecule has 0 aromatic rings. The Morgan fingerprint density at radius 2 is 2.44 bits per heavy atom. The zero-order valence-electron chi connectivity index (χ0n) is 5.20. The summed E-state index contributed by atoms with van der Waals surface area (Å²) in [6, 6.07) is 0. The SMILES string of the molecule is C/C=C/C1OC1C(N)=O. The molecule has 0 saturated carbocycles. The van der Waals surface area contributed by atoms with Crippen molar-refractivity contribution in [3.05, 3.63) is 12.2 Å². The third-order valence-electron chi connectivity index (χ3n) is 1.19. The van der Waals surface area contributed by atoms with E-state index in [4.69, 9.17) is 10.5 Å². The first-order valence-electron chi connectivity index (χ1n) is 2.83. The highest BCUT2D eigenvalue weighted by Gasteiger charge is 2.41. The number of epoxide rings is 1. The molecule has 50 valence electrons. The average Bonchev–Trinajstić information content (AvgIpc) is 2.47. The second-order valence-corrected chi connectivity index (χ2v) is 1.95. The molecule has 0 radical (unpaired) electrons. The molecule has 0 aromatic heterocycles. The summed E-state index contributed by atoms with van der Waals surface area (Å²) in [5.41, 5.74) is 4.92. The first-order valence-corrected chi connectivity index (χ1v) is 2.83. The maximum atomic E-state index is 10.3. The van der Waals surface area contributed by atoms with Gasteiger partial charge < -0.3 is 10.5 Å². The first-order chi connectivity index (χ1) is 4.25. The molecule has 0 aromatic carbocycles. The summed E-state index contributed by atoms with van der Waals surface area (Å²) in [5.74, 6) is -0.377. The molecule has 0 spiro atoms. The third-order valence-corrected chi connectivity index (χ3v) is 1.19. The Balaban J connectivity index is 2.33. The van der Waals surface area contributed by atoms with Crippen LogP contribution in [0.25, 0.3) is 0 Å². The Morgan fingerprint density at radius 3 is 2.78 bits per heavy atom. The van der Waals surface area contributed by atoms with E-state index >= 15 is 0 Å². The maximum absolute atomic E-state index is 10.3. The van der Waals surface area contributed by atoms with Crippen molar-refractivity contribution in [2.24, 2.45) is 5.73 Å². The van der Waals surface area contributed by atoms with Crippen LogP contribution in [0.4, 0.5) is 0 Å². The molecule has 1 aliphatic heterocycles. The van der Waals surface area contributed by atoms with Crippen LogP contribution in [0.5, 0.6) is 0 Å². The van der Waals surface area contributed by atoms with Crippen molar-refractivity contribution < 1.29 is 9.53 Å². The fourth-order valence-electron chi connectivity index (χ4n) is 0.689. The number of carbonyl (C=O) groups is 1. The van der Waals surface area contributed by atoms with Crippen LogP contribution in [0.3, 0.4) is 0 Å². The van der Waals surface area contributed by atoms with Gasteiger partial charge in [0, 0.05) is 0 Å². The number of hydrogen-bond donors (Lipinski definition) is 1. The van der Waals surface area contributed by atoms with Crippen LogP contribution >= 0.6 is 0 Å². The van der Waals surface area contributed by atoms with Crippen molar-refractivity contribution in [3.8, 4) is 0 Å². The molecule has 1 fully saturated rings. The van der Waals surface area contributed by atoms with E-state index in [0.29, 0.717) is 0 Å². The number of carbonyl (C=O) groups excluding carboxylic acids is 1. The second kappa shape index (κ2) is 2.19. The predicted molar refractivity (Wildman–Crippen MR) is 32.7 cm³/mol. The highest BCUT2D eigenvalue weighted by atomic mass is 16.6. The summed E-state index contributed by atoms with van der Waals surface area (Å²) in [6.45, 7) is 1.87. The standard InChI is InChI=1S/C6H9NO2/c1-2-3-4-5(9-4)6(7)8/h2-5H,1H3,(H2,7,8)/b3-2+. The smallest absolute Gasteiger partial charge is 0.249 e. The van der Waals surface area contributed by atoms with Crippen LogP contribution < -0.4 is 5.73 Å². The Bertz CT molecular complexity index is 153. The number of amides is 1. The van der Waals surface area contributed by atoms with Crippen LogP contribution in [0.15, 0.2) is 12.2 Å². The lowest BCUT2D eigenvalue weighted by atomic mass is 10.3. The van der Waals surface area contributed by atoms with Gasteiger partial charge in [-0.15, -0.1) is 0 Å². The molecular formula is C6H9NO2. The molecule has 3 heteroatoms. The number of hydrogen-bond acceptors (Lipinski definition) is 2. The summed E-state index contributed by atoms with van der Waals surface area (Å²) in [4.78, 5) is 10.3. The van der Waals surface area contributed by atoms with Gasteiger partial charge in [-0.3, -0.25) is 4.79 Å². The molecule has 2 atom stereocenters. The van der Waals surface area contributed by atoms with Crippen molar-refractivity contribution in [3.63, 3.8) is 0 Å². The lowest BCUT2D eigenvalue weighted by Gasteiger charge is -1.78. The van der Waals surface area contributed by atoms with E-state index in [0.717, 1.165) is 0 Å². The highest BCUT2D eigenvalue weighted by Crippen LogP contribution is 2.22. The lowest BCUT2D eigenvalue weighted by molar-refractivity contribution is -0.119. The molecule has 1 rings (SSSR count). The summed E-state index contributed by atoms with van der Waals surface area (Å²) in [5, 5.41) is 0. The quantitative estimate of drug-likeness (QED) is 0.413. The second-order valence-electron chi connectivity index (χ2n) is 1.95. The summed E-state index contributed by atoms with van der Waals surface area (Å²) in [7, 11) is 0. The van der Waals surface area contributed by atoms with Gasteiger partial charge in [0.25, 0.3) is 0 Å². The normalized spacial score (nSPS) is 33.0. The summed E-state index contributed by atoms with van der Waals surface area (Å²) < 4.78 is 4.86. The van der Waals surface area contributed by atoms with Gasteiger partial charge in [0.2, 0.25) is 5.91 Å². The van der Waals surface area contributed by atoms with Crippen molar-refractivity contribution in [1.82, 2.24) is 0 Å². The van der Waals surface area contributed by atoms with Gasteiger partial charge in [0.05, 0.1) is 0 Å². The van der Waals surface area contributed by atoms with Gasteiger partial charge in [0.15, 0.2) is 6.10 Å². The average molecular weight is 127 g/mol. The van der Waals surface area contributed by atoms with E-state index in [-0.39, 0.29) is 18.1 Å².